The second kappa shape index (κ2) is 27.6. The number of hydrogen-bond donors (Lipinski definition) is 14. The summed E-state index contributed by atoms with van der Waals surface area (Å²) in [5.41, 5.74) is 28.9. The van der Waals surface area contributed by atoms with Crippen LogP contribution >= 0.6 is 0 Å². The number of benzene rings is 1. The van der Waals surface area contributed by atoms with E-state index in [1.165, 1.54) is 0 Å². The van der Waals surface area contributed by atoms with Gasteiger partial charge < -0.3 is 75.9 Å². The van der Waals surface area contributed by atoms with E-state index in [-0.39, 0.29) is 38.2 Å². The molecule has 21 nitrogen and oxygen atoms in total. The van der Waals surface area contributed by atoms with Gasteiger partial charge >= 0.3 is 5.97 Å². The van der Waals surface area contributed by atoms with Crippen molar-refractivity contribution in [1.82, 2.24) is 31.9 Å². The standard InChI is InChI=1S/C34H60N12O9/c35-18-25(46-32(53)27(48)19-43-28(49)16-23(37)21-8-2-1-3-9-21)31(52)45-24(33(54)55)11-6-10-22(36)26(47)17-29(50)44-20-30(51)41-15-7-13-40-12-4-5-14-42-34(38)39/h1-3,8-9,22-27,40,47-48H,4-7,10-20,35-37H2,(H,41,51)(H,43,49)(H,44,50)(H,45,52)(H,46,53)(H,54,55)(H4,38,39,42). The van der Waals surface area contributed by atoms with Gasteiger partial charge in [0.05, 0.1) is 25.6 Å². The molecule has 6 atom stereocenters. The lowest BCUT2D eigenvalue weighted by Crippen LogP contribution is -2.57. The molecule has 0 aliphatic carbocycles. The van der Waals surface area contributed by atoms with Gasteiger partial charge in [0.1, 0.15) is 18.2 Å². The van der Waals surface area contributed by atoms with E-state index in [1.807, 2.05) is 0 Å². The van der Waals surface area contributed by atoms with Crippen LogP contribution in [0.25, 0.3) is 0 Å². The number of hydrogen-bond acceptors (Lipinski definition) is 13. The Bertz CT molecular complexity index is 1370. The lowest BCUT2D eigenvalue weighted by atomic mass is 10.00. The molecule has 0 saturated heterocycles. The quantitative estimate of drug-likeness (QED) is 0.0206. The first-order valence-corrected chi connectivity index (χ1v) is 18.2. The number of aliphatic carboxylic acids is 1. The van der Waals surface area contributed by atoms with Gasteiger partial charge in [0.2, 0.25) is 23.6 Å². The van der Waals surface area contributed by atoms with Crippen LogP contribution < -0.4 is 60.6 Å². The Kier molecular flexibility index (Phi) is 24.2. The summed E-state index contributed by atoms with van der Waals surface area (Å²) >= 11 is 0. The highest BCUT2D eigenvalue weighted by Crippen LogP contribution is 2.13. The Morgan fingerprint density at radius 1 is 0.727 bits per heavy atom. The Morgan fingerprint density at radius 2 is 1.38 bits per heavy atom. The molecule has 0 bridgehead atoms. The molecule has 0 aliphatic heterocycles. The molecule has 1 rings (SSSR count). The zero-order valence-corrected chi connectivity index (χ0v) is 31.1. The van der Waals surface area contributed by atoms with E-state index in [1.54, 1.807) is 30.3 Å². The number of nitrogens with one attached hydrogen (secondary N) is 6. The average Bonchev–Trinajstić information content (AvgIpc) is 3.15. The molecular weight excluding hydrogens is 720 g/mol. The summed E-state index contributed by atoms with van der Waals surface area (Å²) in [4.78, 5) is 77.5. The van der Waals surface area contributed by atoms with Crippen molar-refractivity contribution >= 4 is 41.5 Å². The van der Waals surface area contributed by atoms with E-state index in [0.717, 1.165) is 24.9 Å². The molecule has 0 fully saturated rings. The molecular formula is C34H60N12O9. The number of rotatable bonds is 29. The van der Waals surface area contributed by atoms with Crippen molar-refractivity contribution in [3.63, 3.8) is 0 Å². The molecule has 6 unspecified atom stereocenters. The molecule has 0 aromatic heterocycles. The fraction of sp³-hybridized carbons (Fsp3) is 0.618. The summed E-state index contributed by atoms with van der Waals surface area (Å²) in [5.74, 6) is -4.79. The molecule has 0 saturated carbocycles. The molecule has 1 aromatic carbocycles. The van der Waals surface area contributed by atoms with E-state index in [2.05, 4.69) is 36.9 Å². The smallest absolute Gasteiger partial charge is 0.326 e. The van der Waals surface area contributed by atoms with Crippen molar-refractivity contribution < 1.29 is 44.1 Å². The number of carbonyl (C=O) groups is 6. The number of nitrogens with zero attached hydrogens (tertiary/aromatic N) is 1. The molecule has 5 amide bonds. The van der Waals surface area contributed by atoms with Gasteiger partial charge in [-0.2, -0.15) is 0 Å². The third-order valence-electron chi connectivity index (χ3n) is 8.19. The van der Waals surface area contributed by atoms with E-state index < -0.39 is 91.4 Å². The number of amides is 5. The first kappa shape index (κ1) is 48.1. The van der Waals surface area contributed by atoms with Gasteiger partial charge in [-0.3, -0.25) is 29.0 Å². The third kappa shape index (κ3) is 22.1. The number of unbranched alkanes of at least 4 members (excludes halogenated alkanes) is 1. The second-order valence-corrected chi connectivity index (χ2v) is 12.8. The van der Waals surface area contributed by atoms with Gasteiger partial charge in [0.25, 0.3) is 5.91 Å². The van der Waals surface area contributed by atoms with Crippen molar-refractivity contribution in [3.05, 3.63) is 35.9 Å². The van der Waals surface area contributed by atoms with Crippen LogP contribution in [0.15, 0.2) is 35.3 Å². The molecule has 1 aromatic rings. The molecule has 0 heterocycles. The molecule has 0 spiro atoms. The lowest BCUT2D eigenvalue weighted by molar-refractivity contribution is -0.142. The van der Waals surface area contributed by atoms with E-state index >= 15 is 0 Å². The lowest BCUT2D eigenvalue weighted by Gasteiger charge is -2.23. The second-order valence-electron chi connectivity index (χ2n) is 12.8. The number of carboxylic acid groups (broad SMARTS) is 1. The minimum absolute atomic E-state index is 0.0678. The zero-order chi connectivity index (χ0) is 41.2. The largest absolute Gasteiger partial charge is 0.480 e. The molecule has 0 radical (unpaired) electrons. The third-order valence-corrected chi connectivity index (χ3v) is 8.19. The van der Waals surface area contributed by atoms with Crippen LogP contribution in [0.2, 0.25) is 0 Å². The first-order valence-electron chi connectivity index (χ1n) is 18.2. The zero-order valence-electron chi connectivity index (χ0n) is 31.1. The maximum Gasteiger partial charge on any atom is 0.326 e. The predicted octanol–water partition coefficient (Wildman–Crippen LogP) is -4.92. The van der Waals surface area contributed by atoms with E-state index in [9.17, 15) is 44.1 Å². The average molecular weight is 781 g/mol. The summed E-state index contributed by atoms with van der Waals surface area (Å²) in [6.45, 7) is 1.24. The number of carbonyl (C=O) groups excluding carboxylic acids is 5. The highest BCUT2D eigenvalue weighted by molar-refractivity contribution is 5.92. The summed E-state index contributed by atoms with van der Waals surface area (Å²) in [7, 11) is 0. The van der Waals surface area contributed by atoms with Gasteiger partial charge in [-0.05, 0) is 57.2 Å². The summed E-state index contributed by atoms with van der Waals surface area (Å²) in [5, 5.41) is 45.5. The minimum Gasteiger partial charge on any atom is -0.480 e. The molecule has 21 heteroatoms. The Balaban J connectivity index is 2.35. The Labute approximate surface area is 320 Å². The monoisotopic (exact) mass is 780 g/mol. The van der Waals surface area contributed by atoms with Gasteiger partial charge in [-0.15, -0.1) is 0 Å². The molecule has 0 aliphatic rings. The predicted molar refractivity (Wildman–Crippen MR) is 203 cm³/mol. The van der Waals surface area contributed by atoms with Crippen LogP contribution in [0.1, 0.15) is 63.0 Å². The topological polar surface area (TPSA) is 378 Å². The molecule has 310 valence electrons. The Hall–Kier alpha value is -4.93. The van der Waals surface area contributed by atoms with Crippen molar-refractivity contribution in [1.29, 1.82) is 0 Å². The number of carboxylic acids is 1. The number of aliphatic hydroxyl groups excluding tert-OH is 2. The van der Waals surface area contributed by atoms with Crippen molar-refractivity contribution in [3.8, 4) is 0 Å². The SMILES string of the molecule is NCC(NC(=O)C(O)CNC(=O)CC(N)c1ccccc1)C(=O)NC(CCCC(N)C(O)CC(=O)NCC(=O)NCCCNCCCCN=C(N)N)C(=O)O. The first-order chi connectivity index (χ1) is 26.1. The van der Waals surface area contributed by atoms with Crippen LogP contribution in [0.5, 0.6) is 0 Å². The van der Waals surface area contributed by atoms with Gasteiger partial charge in [0.15, 0.2) is 5.96 Å². The minimum atomic E-state index is -1.75. The Morgan fingerprint density at radius 3 is 2.04 bits per heavy atom. The van der Waals surface area contributed by atoms with Crippen LogP contribution in [-0.4, -0.2) is 133 Å². The maximum atomic E-state index is 12.8. The highest BCUT2D eigenvalue weighted by atomic mass is 16.4. The number of aliphatic imine (C=N–C) groups is 1. The van der Waals surface area contributed by atoms with Crippen molar-refractivity contribution in [2.24, 2.45) is 33.7 Å². The summed E-state index contributed by atoms with van der Waals surface area (Å²) < 4.78 is 0. The summed E-state index contributed by atoms with van der Waals surface area (Å²) in [6.07, 6.45) is -1.02. The number of aliphatic hydroxyl groups is 2. The van der Waals surface area contributed by atoms with Crippen LogP contribution in [0.3, 0.4) is 0 Å². The van der Waals surface area contributed by atoms with Crippen LogP contribution in [0.4, 0.5) is 0 Å². The van der Waals surface area contributed by atoms with Crippen LogP contribution in [-0.2, 0) is 28.8 Å². The summed E-state index contributed by atoms with van der Waals surface area (Å²) in [6, 6.07) is 4.52. The van der Waals surface area contributed by atoms with E-state index in [0.29, 0.717) is 26.1 Å². The van der Waals surface area contributed by atoms with Gasteiger partial charge in [-0.25, -0.2) is 4.79 Å². The number of nitrogens with two attached hydrogens (primary N) is 5. The van der Waals surface area contributed by atoms with Crippen molar-refractivity contribution in [2.45, 2.75) is 87.7 Å². The van der Waals surface area contributed by atoms with E-state index in [4.69, 9.17) is 28.7 Å². The maximum absolute atomic E-state index is 12.8. The number of guanidine groups is 1. The molecule has 55 heavy (non-hydrogen) atoms. The molecule has 19 N–H and O–H groups in total. The van der Waals surface area contributed by atoms with Gasteiger partial charge in [0, 0.05) is 38.1 Å². The fourth-order valence-electron chi connectivity index (χ4n) is 4.96. The van der Waals surface area contributed by atoms with Gasteiger partial charge in [-0.1, -0.05) is 30.3 Å². The van der Waals surface area contributed by atoms with Crippen LogP contribution in [0, 0.1) is 0 Å². The highest BCUT2D eigenvalue weighted by Gasteiger charge is 2.28. The van der Waals surface area contributed by atoms with Crippen molar-refractivity contribution in [2.75, 3.05) is 45.8 Å². The normalized spacial score (nSPS) is 14.2. The fourth-order valence-corrected chi connectivity index (χ4v) is 4.96.